The third kappa shape index (κ3) is 3.80. The van der Waals surface area contributed by atoms with E-state index in [9.17, 15) is 39.6 Å². The number of carbonyl (C=O) groups excluding carboxylic acids is 4. The maximum atomic E-state index is 14.5. The van der Waals surface area contributed by atoms with E-state index >= 15 is 0 Å². The minimum Gasteiger partial charge on any atom is -0.508 e. The molecule has 4 atom stereocenters. The number of benzene rings is 2. The van der Waals surface area contributed by atoms with E-state index in [1.807, 2.05) is 0 Å². The van der Waals surface area contributed by atoms with E-state index < -0.39 is 62.7 Å². The first-order valence-electron chi connectivity index (χ1n) is 14.2. The van der Waals surface area contributed by atoms with Crippen LogP contribution in [0.5, 0.6) is 11.5 Å². The van der Waals surface area contributed by atoms with Crippen molar-refractivity contribution in [2.45, 2.75) is 60.0 Å². The quantitative estimate of drug-likeness (QED) is 0.279. The predicted octanol–water partition coefficient (Wildman–Crippen LogP) is 4.99. The molecule has 4 N–H and O–H groups in total. The maximum absolute atomic E-state index is 14.5. The van der Waals surface area contributed by atoms with Crippen LogP contribution in [0.2, 0.25) is 0 Å². The normalized spacial score (nSPS) is 28.4. The molecule has 3 aliphatic rings. The molecule has 0 spiro atoms. The SMILES string of the molecule is COc1ccc(C=O)cc1-c1cc(C)c(O)c2c1C[C@]1(C)C[C@]3(C)C(C(C)C)C(=O)C(C(C)=O)=C(O)[C@]3(O)C(=O)C1=C2O. The minimum atomic E-state index is -2.68. The fourth-order valence-corrected chi connectivity index (χ4v) is 8.17. The molecule has 0 saturated heterocycles. The van der Waals surface area contributed by atoms with Crippen molar-refractivity contribution in [3.8, 4) is 22.6 Å². The van der Waals surface area contributed by atoms with Gasteiger partial charge in [-0.2, -0.15) is 0 Å². The third-order valence-electron chi connectivity index (χ3n) is 9.85. The molecule has 3 aliphatic carbocycles. The summed E-state index contributed by atoms with van der Waals surface area (Å²) in [5, 5.41) is 46.6. The molecule has 2 aromatic carbocycles. The van der Waals surface area contributed by atoms with E-state index in [2.05, 4.69) is 0 Å². The smallest absolute Gasteiger partial charge is 0.203 e. The van der Waals surface area contributed by atoms with Crippen LogP contribution in [0.3, 0.4) is 0 Å². The Morgan fingerprint density at radius 1 is 1.09 bits per heavy atom. The molecule has 9 heteroatoms. The summed E-state index contributed by atoms with van der Waals surface area (Å²) in [5.41, 5.74) is -3.89. The number of aliphatic hydroxyl groups excluding tert-OH is 2. The third-order valence-corrected chi connectivity index (χ3v) is 9.85. The van der Waals surface area contributed by atoms with Gasteiger partial charge in [0, 0.05) is 33.4 Å². The molecule has 1 unspecified atom stereocenters. The lowest BCUT2D eigenvalue weighted by molar-refractivity contribution is -0.178. The zero-order chi connectivity index (χ0) is 32.0. The molecule has 226 valence electrons. The molecule has 9 nitrogen and oxygen atoms in total. The van der Waals surface area contributed by atoms with Crippen LogP contribution in [0.15, 0.2) is 41.2 Å². The van der Waals surface area contributed by atoms with E-state index in [4.69, 9.17) is 4.74 Å². The molecule has 0 radical (unpaired) electrons. The van der Waals surface area contributed by atoms with Crippen molar-refractivity contribution < 1.29 is 44.3 Å². The highest BCUT2D eigenvalue weighted by Crippen LogP contribution is 2.65. The lowest BCUT2D eigenvalue weighted by Gasteiger charge is -2.59. The standard InChI is InChI=1S/C34H36O9/c1-15(2)25-28(38)23(17(4)36)30(40)34(42)31(41)26-29(39)24-21(12-32(26,5)14-33(25,34)6)19(10-16(3)27(24)37)20-11-18(13-35)8-9-22(20)43-7/h8-11,13,15,25,37,39-40,42H,12,14H2,1-7H3/t25?,32-,33-,34+/m1/s1. The van der Waals surface area contributed by atoms with Crippen molar-refractivity contribution in [3.05, 3.63) is 63.4 Å². The molecule has 0 aliphatic heterocycles. The molecule has 0 bridgehead atoms. The van der Waals surface area contributed by atoms with Crippen molar-refractivity contribution in [2.24, 2.45) is 22.7 Å². The van der Waals surface area contributed by atoms with Gasteiger partial charge >= 0.3 is 0 Å². The van der Waals surface area contributed by atoms with Gasteiger partial charge in [0.2, 0.25) is 5.78 Å². The lowest BCUT2D eigenvalue weighted by Crippen LogP contribution is -2.69. The minimum absolute atomic E-state index is 0.0101. The van der Waals surface area contributed by atoms with Crippen molar-refractivity contribution in [1.29, 1.82) is 0 Å². The number of ketones is 3. The number of methoxy groups -OCH3 is 1. The summed E-state index contributed by atoms with van der Waals surface area (Å²) in [6.07, 6.45) is 0.771. The molecule has 2 aromatic rings. The van der Waals surface area contributed by atoms with Crippen LogP contribution in [0.25, 0.3) is 16.9 Å². The molecule has 0 heterocycles. The van der Waals surface area contributed by atoms with E-state index in [1.165, 1.54) is 7.11 Å². The summed E-state index contributed by atoms with van der Waals surface area (Å²) in [6, 6.07) is 6.62. The Hall–Kier alpha value is -4.24. The summed E-state index contributed by atoms with van der Waals surface area (Å²) in [6.45, 7) is 9.54. The first kappa shape index (κ1) is 30.2. The predicted molar refractivity (Wildman–Crippen MR) is 158 cm³/mol. The lowest BCUT2D eigenvalue weighted by atomic mass is 9.43. The molecule has 1 fully saturated rings. The van der Waals surface area contributed by atoms with Crippen LogP contribution >= 0.6 is 0 Å². The number of hydrogen-bond acceptors (Lipinski definition) is 9. The molecule has 0 aromatic heterocycles. The summed E-state index contributed by atoms with van der Waals surface area (Å²) in [7, 11) is 1.48. The van der Waals surface area contributed by atoms with Gasteiger partial charge < -0.3 is 25.2 Å². The van der Waals surface area contributed by atoms with Gasteiger partial charge in [0.15, 0.2) is 17.2 Å². The van der Waals surface area contributed by atoms with Gasteiger partial charge in [-0.1, -0.05) is 27.7 Å². The Balaban J connectivity index is 1.87. The molecule has 5 rings (SSSR count). The summed E-state index contributed by atoms with van der Waals surface area (Å²) >= 11 is 0. The van der Waals surface area contributed by atoms with Gasteiger partial charge in [0.25, 0.3) is 0 Å². The Morgan fingerprint density at radius 3 is 2.30 bits per heavy atom. The van der Waals surface area contributed by atoms with Gasteiger partial charge in [0.1, 0.15) is 34.9 Å². The number of aliphatic hydroxyl groups is 3. The summed E-state index contributed by atoms with van der Waals surface area (Å²) in [4.78, 5) is 52.4. The fourth-order valence-electron chi connectivity index (χ4n) is 8.17. The van der Waals surface area contributed by atoms with E-state index in [-0.39, 0.29) is 29.7 Å². The van der Waals surface area contributed by atoms with Crippen molar-refractivity contribution in [3.63, 3.8) is 0 Å². The topological polar surface area (TPSA) is 158 Å². The molecule has 43 heavy (non-hydrogen) atoms. The summed E-state index contributed by atoms with van der Waals surface area (Å²) < 4.78 is 5.59. The van der Waals surface area contributed by atoms with E-state index in [1.54, 1.807) is 58.9 Å². The van der Waals surface area contributed by atoms with Gasteiger partial charge in [0.05, 0.1) is 12.7 Å². The van der Waals surface area contributed by atoms with Crippen LogP contribution in [-0.2, 0) is 20.8 Å². The van der Waals surface area contributed by atoms with E-state index in [0.717, 1.165) is 6.92 Å². The van der Waals surface area contributed by atoms with Crippen LogP contribution in [0.4, 0.5) is 0 Å². The van der Waals surface area contributed by atoms with E-state index in [0.29, 0.717) is 39.9 Å². The van der Waals surface area contributed by atoms with Crippen LogP contribution in [0.1, 0.15) is 68.1 Å². The number of Topliss-reactive ketones (excluding diaryl/α,β-unsaturated/α-hetero) is 3. The highest BCUT2D eigenvalue weighted by atomic mass is 16.5. The number of phenols is 1. The van der Waals surface area contributed by atoms with Crippen LogP contribution < -0.4 is 4.74 Å². The molecule has 0 amide bonds. The Labute approximate surface area is 249 Å². The van der Waals surface area contributed by atoms with Crippen molar-refractivity contribution in [1.82, 2.24) is 0 Å². The fraction of sp³-hybridized carbons (Fsp3) is 0.412. The number of phenolic OH excluding ortho intramolecular Hbond substituents is 1. The zero-order valence-electron chi connectivity index (χ0n) is 25.3. The van der Waals surface area contributed by atoms with Crippen molar-refractivity contribution >= 4 is 29.4 Å². The number of carbonyl (C=O) groups is 4. The monoisotopic (exact) mass is 588 g/mol. The Morgan fingerprint density at radius 2 is 1.74 bits per heavy atom. The second kappa shape index (κ2) is 9.64. The van der Waals surface area contributed by atoms with Crippen molar-refractivity contribution in [2.75, 3.05) is 7.11 Å². The van der Waals surface area contributed by atoms with Gasteiger partial charge in [-0.15, -0.1) is 0 Å². The van der Waals surface area contributed by atoms with Crippen LogP contribution in [0, 0.1) is 29.6 Å². The zero-order valence-corrected chi connectivity index (χ0v) is 25.3. The average molecular weight is 589 g/mol. The van der Waals surface area contributed by atoms with Crippen LogP contribution in [-0.4, -0.2) is 56.8 Å². The second-order valence-electron chi connectivity index (χ2n) is 13.0. The molecular weight excluding hydrogens is 552 g/mol. The number of allylic oxidation sites excluding steroid dienone is 1. The number of rotatable bonds is 5. The van der Waals surface area contributed by atoms with Gasteiger partial charge in [-0.05, 0) is 73.6 Å². The number of hydrogen-bond donors (Lipinski definition) is 4. The molecular formula is C34H36O9. The first-order valence-corrected chi connectivity index (χ1v) is 14.2. The number of ether oxygens (including phenoxy) is 1. The number of aldehydes is 1. The van der Waals surface area contributed by atoms with Gasteiger partial charge in [-0.3, -0.25) is 19.2 Å². The van der Waals surface area contributed by atoms with Gasteiger partial charge in [-0.25, -0.2) is 0 Å². The summed E-state index contributed by atoms with van der Waals surface area (Å²) in [5.74, 6) is -5.26. The number of fused-ring (bicyclic) bond motifs is 3. The Bertz CT molecular complexity index is 1710. The average Bonchev–Trinajstić information content (AvgIpc) is 2.91. The largest absolute Gasteiger partial charge is 0.508 e. The number of aryl methyl sites for hydroxylation is 1. The Kier molecular flexibility index (Phi) is 6.77. The highest BCUT2D eigenvalue weighted by molar-refractivity contribution is 6.24. The number of aromatic hydroxyl groups is 1. The second-order valence-corrected chi connectivity index (χ2v) is 13.0. The first-order chi connectivity index (χ1) is 20.0. The molecule has 1 saturated carbocycles. The highest BCUT2D eigenvalue weighted by Gasteiger charge is 2.72. The maximum Gasteiger partial charge on any atom is 0.203 e.